The fourth-order valence-corrected chi connectivity index (χ4v) is 3.75. The van der Waals surface area contributed by atoms with Crippen molar-refractivity contribution in [1.82, 2.24) is 30.0 Å². The monoisotopic (exact) mass is 566 g/mol. The van der Waals surface area contributed by atoms with E-state index in [9.17, 15) is 23.2 Å². The van der Waals surface area contributed by atoms with Crippen LogP contribution in [0, 0.1) is 11.3 Å². The molecule has 1 amide bonds. The minimum atomic E-state index is -4.36. The Morgan fingerprint density at radius 2 is 1.90 bits per heavy atom. The van der Waals surface area contributed by atoms with Crippen LogP contribution in [-0.2, 0) is 6.54 Å². The van der Waals surface area contributed by atoms with Crippen LogP contribution in [0.4, 0.5) is 24.8 Å². The summed E-state index contributed by atoms with van der Waals surface area (Å²) in [6, 6.07) is 11.7. The Bertz CT molecular complexity index is 1520. The number of carbonyl (C=O) groups excluding carboxylic acids is 1. The van der Waals surface area contributed by atoms with Crippen molar-refractivity contribution in [2.75, 3.05) is 19.0 Å². The molecular weight excluding hydrogens is 541 g/mol. The molecule has 1 atom stereocenters. The molecule has 0 spiro atoms. The minimum absolute atomic E-state index is 0.139. The molecule has 0 bridgehead atoms. The van der Waals surface area contributed by atoms with Crippen LogP contribution in [-0.4, -0.2) is 56.6 Å². The molecule has 2 N–H and O–H groups in total. The van der Waals surface area contributed by atoms with Crippen LogP contribution < -0.4 is 20.1 Å². The molecule has 2 aromatic carbocycles. The number of hydrogen-bond acceptors (Lipinski definition) is 9. The SMILES string of the molecule is COc1cc(C(=O)NCCC(F)(F)F)ccc1Nc1ncc(-c2ccc(C#N)c(OC(C)Cn3cncn3)c2)cn1. The fourth-order valence-electron chi connectivity index (χ4n) is 3.75. The van der Waals surface area contributed by atoms with Crippen LogP contribution in [0.3, 0.4) is 0 Å². The van der Waals surface area contributed by atoms with Crippen molar-refractivity contribution in [3.05, 3.63) is 72.6 Å². The molecule has 0 aliphatic rings. The first-order valence-corrected chi connectivity index (χ1v) is 12.3. The molecule has 11 nitrogen and oxygen atoms in total. The Kier molecular flexibility index (Phi) is 8.98. The summed E-state index contributed by atoms with van der Waals surface area (Å²) in [4.78, 5) is 24.8. The quantitative estimate of drug-likeness (QED) is 0.268. The van der Waals surface area contributed by atoms with Gasteiger partial charge in [0.2, 0.25) is 5.95 Å². The highest BCUT2D eigenvalue weighted by molar-refractivity contribution is 5.95. The number of alkyl halides is 3. The lowest BCUT2D eigenvalue weighted by Gasteiger charge is -2.16. The first kappa shape index (κ1) is 28.8. The molecule has 2 heterocycles. The maximum atomic E-state index is 12.3. The number of nitrogens with zero attached hydrogens (tertiary/aromatic N) is 6. The van der Waals surface area contributed by atoms with Gasteiger partial charge in [-0.1, -0.05) is 6.07 Å². The molecule has 0 aliphatic carbocycles. The van der Waals surface area contributed by atoms with Gasteiger partial charge in [0.15, 0.2) is 0 Å². The van der Waals surface area contributed by atoms with Gasteiger partial charge in [-0.05, 0) is 42.8 Å². The largest absolute Gasteiger partial charge is 0.495 e. The van der Waals surface area contributed by atoms with Crippen LogP contribution in [0.5, 0.6) is 11.5 Å². The summed E-state index contributed by atoms with van der Waals surface area (Å²) in [7, 11) is 1.40. The third kappa shape index (κ3) is 7.91. The zero-order valence-corrected chi connectivity index (χ0v) is 22.0. The Balaban J connectivity index is 1.44. The smallest absolute Gasteiger partial charge is 0.390 e. The van der Waals surface area contributed by atoms with Crippen LogP contribution in [0.2, 0.25) is 0 Å². The molecule has 2 aromatic heterocycles. The number of rotatable bonds is 11. The standard InChI is InChI=1S/C27H25F3N8O3/c1-17(14-38-16-32-15-36-38)41-23-9-18(3-4-20(23)11-31)21-12-34-26(35-13-21)37-22-6-5-19(10-24(22)40-2)25(39)33-8-7-27(28,29)30/h3-6,9-10,12-13,15-17H,7-8,14H2,1-2H3,(H,33,39)(H,34,35,37). The number of methoxy groups -OCH3 is 1. The van der Waals surface area contributed by atoms with Crippen molar-refractivity contribution in [3.8, 4) is 28.7 Å². The molecule has 41 heavy (non-hydrogen) atoms. The summed E-state index contributed by atoms with van der Waals surface area (Å²) in [6.45, 7) is 1.78. The highest BCUT2D eigenvalue weighted by atomic mass is 19.4. The molecule has 0 radical (unpaired) electrons. The predicted octanol–water partition coefficient (Wildman–Crippen LogP) is 4.51. The number of nitriles is 1. The van der Waals surface area contributed by atoms with E-state index >= 15 is 0 Å². The lowest BCUT2D eigenvalue weighted by Crippen LogP contribution is -2.27. The van der Waals surface area contributed by atoms with Crippen molar-refractivity contribution >= 4 is 17.5 Å². The number of carbonyl (C=O) groups is 1. The molecule has 1 unspecified atom stereocenters. The van der Waals surface area contributed by atoms with Crippen molar-refractivity contribution in [3.63, 3.8) is 0 Å². The van der Waals surface area contributed by atoms with Gasteiger partial charge in [0.25, 0.3) is 5.91 Å². The van der Waals surface area contributed by atoms with Crippen LogP contribution in [0.1, 0.15) is 29.3 Å². The molecule has 0 aliphatic heterocycles. The topological polar surface area (TPSA) is 140 Å². The summed E-state index contributed by atoms with van der Waals surface area (Å²) in [5, 5.41) is 18.8. The van der Waals surface area contributed by atoms with E-state index in [-0.39, 0.29) is 23.4 Å². The van der Waals surface area contributed by atoms with Crippen molar-refractivity contribution in [2.45, 2.75) is 32.2 Å². The highest BCUT2D eigenvalue weighted by Gasteiger charge is 2.26. The van der Waals surface area contributed by atoms with Crippen LogP contribution in [0.15, 0.2) is 61.4 Å². The molecular formula is C27H25F3N8O3. The Labute approximate surface area is 233 Å². The van der Waals surface area contributed by atoms with Gasteiger partial charge >= 0.3 is 6.18 Å². The summed E-state index contributed by atoms with van der Waals surface area (Å²) in [5.74, 6) is 0.265. The van der Waals surface area contributed by atoms with E-state index in [1.807, 2.05) is 6.92 Å². The van der Waals surface area contributed by atoms with Crippen LogP contribution in [0.25, 0.3) is 11.1 Å². The number of halogens is 3. The Morgan fingerprint density at radius 3 is 2.56 bits per heavy atom. The molecule has 4 aromatic rings. The second-order valence-electron chi connectivity index (χ2n) is 8.83. The van der Waals surface area contributed by atoms with Gasteiger partial charge in [0.1, 0.15) is 36.3 Å². The summed E-state index contributed by atoms with van der Waals surface area (Å²) in [6.07, 6.45) is 0.433. The molecule has 212 valence electrons. The number of amides is 1. The van der Waals surface area contributed by atoms with Gasteiger partial charge in [-0.15, -0.1) is 0 Å². The number of aromatic nitrogens is 5. The third-order valence-corrected chi connectivity index (χ3v) is 5.73. The third-order valence-electron chi connectivity index (χ3n) is 5.73. The van der Waals surface area contributed by atoms with Gasteiger partial charge in [-0.3, -0.25) is 4.79 Å². The molecule has 4 rings (SSSR count). The fraction of sp³-hybridized carbons (Fsp3) is 0.259. The number of benzene rings is 2. The normalized spacial score (nSPS) is 11.8. The van der Waals surface area contributed by atoms with E-state index < -0.39 is 25.0 Å². The lowest BCUT2D eigenvalue weighted by molar-refractivity contribution is -0.133. The van der Waals surface area contributed by atoms with E-state index in [0.717, 1.165) is 5.56 Å². The Hall–Kier alpha value is -5.19. The zero-order valence-electron chi connectivity index (χ0n) is 22.0. The number of nitrogens with one attached hydrogen (secondary N) is 2. The number of anilines is 2. The molecule has 0 fully saturated rings. The minimum Gasteiger partial charge on any atom is -0.495 e. The average molecular weight is 567 g/mol. The second-order valence-corrected chi connectivity index (χ2v) is 8.83. The lowest BCUT2D eigenvalue weighted by atomic mass is 10.1. The summed E-state index contributed by atoms with van der Waals surface area (Å²) in [5.41, 5.74) is 2.37. The van der Waals surface area contributed by atoms with Crippen molar-refractivity contribution in [2.24, 2.45) is 0 Å². The highest BCUT2D eigenvalue weighted by Crippen LogP contribution is 2.30. The van der Waals surface area contributed by atoms with Gasteiger partial charge in [-0.2, -0.15) is 23.5 Å². The van der Waals surface area contributed by atoms with Crippen molar-refractivity contribution < 1.29 is 27.4 Å². The maximum Gasteiger partial charge on any atom is 0.390 e. The van der Waals surface area contributed by atoms with E-state index in [4.69, 9.17) is 9.47 Å². The maximum absolute atomic E-state index is 12.3. The molecule has 0 saturated carbocycles. The Morgan fingerprint density at radius 1 is 1.12 bits per heavy atom. The van der Waals surface area contributed by atoms with Crippen molar-refractivity contribution in [1.29, 1.82) is 5.26 Å². The van der Waals surface area contributed by atoms with Gasteiger partial charge in [-0.25, -0.2) is 19.6 Å². The van der Waals surface area contributed by atoms with E-state index in [0.29, 0.717) is 29.1 Å². The molecule has 14 heteroatoms. The number of ether oxygens (including phenoxy) is 2. The zero-order chi connectivity index (χ0) is 29.4. The van der Waals surface area contributed by atoms with Gasteiger partial charge < -0.3 is 20.1 Å². The summed E-state index contributed by atoms with van der Waals surface area (Å²) >= 11 is 0. The first-order chi connectivity index (χ1) is 19.6. The van der Waals surface area contributed by atoms with Gasteiger partial charge in [0, 0.05) is 30.1 Å². The predicted molar refractivity (Wildman–Crippen MR) is 142 cm³/mol. The first-order valence-electron chi connectivity index (χ1n) is 12.3. The van der Waals surface area contributed by atoms with E-state index in [1.54, 1.807) is 47.7 Å². The summed E-state index contributed by atoms with van der Waals surface area (Å²) < 4.78 is 50.0. The average Bonchev–Trinajstić information content (AvgIpc) is 3.45. The second kappa shape index (κ2) is 12.8. The van der Waals surface area contributed by atoms with Gasteiger partial charge in [0.05, 0.1) is 31.3 Å². The van der Waals surface area contributed by atoms with E-state index in [1.165, 1.54) is 25.6 Å². The number of hydrogen-bond donors (Lipinski definition) is 2. The molecule has 0 saturated heterocycles. The van der Waals surface area contributed by atoms with Crippen LogP contribution >= 0.6 is 0 Å². The van der Waals surface area contributed by atoms with E-state index in [2.05, 4.69) is 36.8 Å².